The van der Waals surface area contributed by atoms with Crippen LogP contribution in [-0.4, -0.2) is 18.6 Å². The van der Waals surface area contributed by atoms with Crippen LogP contribution in [0.1, 0.15) is 56.3 Å². The molecule has 0 spiro atoms. The van der Waals surface area contributed by atoms with Gasteiger partial charge >= 0.3 is 0 Å². The van der Waals surface area contributed by atoms with Crippen LogP contribution in [0.15, 0.2) is 18.2 Å². The molecule has 4 heteroatoms. The predicted octanol–water partition coefficient (Wildman–Crippen LogP) is 3.37. The fraction of sp³-hybridized carbons (Fsp3) is 0.588. The zero-order valence-corrected chi connectivity index (χ0v) is 13.0. The Labute approximate surface area is 127 Å². The third-order valence-electron chi connectivity index (χ3n) is 4.30. The summed E-state index contributed by atoms with van der Waals surface area (Å²) in [4.78, 5) is 12.5. The molecule has 1 aliphatic carbocycles. The largest absolute Gasteiger partial charge is 0.493 e. The Hall–Kier alpha value is -1.71. The summed E-state index contributed by atoms with van der Waals surface area (Å²) in [5.74, 6) is 1.00. The lowest BCUT2D eigenvalue weighted by Crippen LogP contribution is -2.39. The summed E-state index contributed by atoms with van der Waals surface area (Å²) < 4.78 is 5.53. The van der Waals surface area contributed by atoms with Gasteiger partial charge in [-0.1, -0.05) is 25.3 Å². The average Bonchev–Trinajstić information content (AvgIpc) is 2.48. The van der Waals surface area contributed by atoms with Crippen molar-refractivity contribution in [2.45, 2.75) is 52.0 Å². The monoisotopic (exact) mass is 290 g/mol. The number of nitrogens with two attached hydrogens (primary N) is 1. The highest BCUT2D eigenvalue weighted by molar-refractivity contribution is 6.02. The molecule has 0 saturated heterocycles. The van der Waals surface area contributed by atoms with Crippen LogP contribution in [0.3, 0.4) is 0 Å². The lowest BCUT2D eigenvalue weighted by molar-refractivity contribution is 0.0916. The van der Waals surface area contributed by atoms with E-state index in [0.29, 0.717) is 29.5 Å². The molecule has 1 fully saturated rings. The number of nitrogens with one attached hydrogen (secondary N) is 1. The van der Waals surface area contributed by atoms with Crippen molar-refractivity contribution < 1.29 is 9.53 Å². The Balaban J connectivity index is 2.08. The van der Waals surface area contributed by atoms with Crippen LogP contribution in [0, 0.1) is 5.92 Å². The molecule has 1 aromatic rings. The van der Waals surface area contributed by atoms with Crippen molar-refractivity contribution >= 4 is 11.6 Å². The van der Waals surface area contributed by atoms with Crippen LogP contribution in [0.25, 0.3) is 0 Å². The molecule has 1 saturated carbocycles. The molecule has 0 aliphatic heterocycles. The smallest absolute Gasteiger partial charge is 0.257 e. The van der Waals surface area contributed by atoms with E-state index in [-0.39, 0.29) is 11.9 Å². The first-order chi connectivity index (χ1) is 10.1. The first-order valence-electron chi connectivity index (χ1n) is 7.95. The SMILES string of the molecule is CCOc1cccc(N)c1C(=O)NC(C)C1CCCCC1. The molecule has 1 atom stereocenters. The van der Waals surface area contributed by atoms with Gasteiger partial charge in [-0.05, 0) is 44.7 Å². The number of anilines is 1. The fourth-order valence-electron chi connectivity index (χ4n) is 3.10. The third kappa shape index (κ3) is 3.90. The van der Waals surface area contributed by atoms with Gasteiger partial charge in [0.1, 0.15) is 11.3 Å². The highest BCUT2D eigenvalue weighted by atomic mass is 16.5. The van der Waals surface area contributed by atoms with Gasteiger partial charge in [-0.15, -0.1) is 0 Å². The van der Waals surface area contributed by atoms with Crippen LogP contribution in [0.5, 0.6) is 5.75 Å². The van der Waals surface area contributed by atoms with E-state index in [1.165, 1.54) is 32.1 Å². The minimum atomic E-state index is -0.130. The molecule has 1 amide bonds. The summed E-state index contributed by atoms with van der Waals surface area (Å²) in [5.41, 5.74) is 6.89. The molecular formula is C17H26N2O2. The average molecular weight is 290 g/mol. The zero-order valence-electron chi connectivity index (χ0n) is 13.0. The number of hydrogen-bond acceptors (Lipinski definition) is 3. The molecule has 0 radical (unpaired) electrons. The van der Waals surface area contributed by atoms with E-state index < -0.39 is 0 Å². The lowest BCUT2D eigenvalue weighted by atomic mass is 9.84. The van der Waals surface area contributed by atoms with Gasteiger partial charge in [-0.25, -0.2) is 0 Å². The first kappa shape index (κ1) is 15.7. The van der Waals surface area contributed by atoms with Crippen molar-refractivity contribution in [3.8, 4) is 5.75 Å². The second-order valence-electron chi connectivity index (χ2n) is 5.81. The number of hydrogen-bond donors (Lipinski definition) is 2. The Morgan fingerprint density at radius 3 is 2.76 bits per heavy atom. The Kier molecular flexibility index (Phi) is 5.48. The molecule has 1 unspecified atom stereocenters. The number of ether oxygens (including phenoxy) is 1. The van der Waals surface area contributed by atoms with Gasteiger partial charge < -0.3 is 15.8 Å². The fourth-order valence-corrected chi connectivity index (χ4v) is 3.10. The van der Waals surface area contributed by atoms with Gasteiger partial charge in [0.15, 0.2) is 0 Å². The Morgan fingerprint density at radius 2 is 2.10 bits per heavy atom. The number of carbonyl (C=O) groups is 1. The number of amides is 1. The highest BCUT2D eigenvalue weighted by Gasteiger charge is 2.24. The van der Waals surface area contributed by atoms with Gasteiger partial charge in [0, 0.05) is 11.7 Å². The van der Waals surface area contributed by atoms with Gasteiger partial charge in [0.2, 0.25) is 0 Å². The first-order valence-corrected chi connectivity index (χ1v) is 7.95. The van der Waals surface area contributed by atoms with Crippen molar-refractivity contribution in [3.05, 3.63) is 23.8 Å². The maximum Gasteiger partial charge on any atom is 0.257 e. The number of nitrogen functional groups attached to an aromatic ring is 1. The van der Waals surface area contributed by atoms with Crippen LogP contribution in [-0.2, 0) is 0 Å². The van der Waals surface area contributed by atoms with E-state index >= 15 is 0 Å². The quantitative estimate of drug-likeness (QED) is 0.817. The molecule has 4 nitrogen and oxygen atoms in total. The van der Waals surface area contributed by atoms with E-state index in [2.05, 4.69) is 12.2 Å². The molecule has 3 N–H and O–H groups in total. The summed E-state index contributed by atoms with van der Waals surface area (Å²) in [6.45, 7) is 4.50. The molecule has 116 valence electrons. The molecular weight excluding hydrogens is 264 g/mol. The molecule has 21 heavy (non-hydrogen) atoms. The Morgan fingerprint density at radius 1 is 1.38 bits per heavy atom. The molecule has 2 rings (SSSR count). The lowest BCUT2D eigenvalue weighted by Gasteiger charge is -2.28. The molecule has 0 bridgehead atoms. The van der Waals surface area contributed by atoms with Crippen LogP contribution in [0.4, 0.5) is 5.69 Å². The summed E-state index contributed by atoms with van der Waals surface area (Å²) in [5, 5.41) is 3.11. The zero-order chi connectivity index (χ0) is 15.2. The van der Waals surface area contributed by atoms with E-state index in [9.17, 15) is 4.79 Å². The summed E-state index contributed by atoms with van der Waals surface area (Å²) in [6.07, 6.45) is 6.25. The van der Waals surface area contributed by atoms with E-state index in [1.54, 1.807) is 12.1 Å². The van der Waals surface area contributed by atoms with Gasteiger partial charge in [-0.2, -0.15) is 0 Å². The van der Waals surface area contributed by atoms with Gasteiger partial charge in [0.25, 0.3) is 5.91 Å². The van der Waals surface area contributed by atoms with Crippen molar-refractivity contribution in [3.63, 3.8) is 0 Å². The van der Waals surface area contributed by atoms with Crippen molar-refractivity contribution in [1.82, 2.24) is 5.32 Å². The maximum atomic E-state index is 12.5. The standard InChI is InChI=1S/C17H26N2O2/c1-3-21-15-11-7-10-14(18)16(15)17(20)19-12(2)13-8-5-4-6-9-13/h7,10-13H,3-6,8-9,18H2,1-2H3,(H,19,20). The molecule has 0 aromatic heterocycles. The molecule has 0 heterocycles. The number of benzene rings is 1. The van der Waals surface area contributed by atoms with Crippen LogP contribution < -0.4 is 15.8 Å². The second kappa shape index (κ2) is 7.34. The van der Waals surface area contributed by atoms with E-state index in [1.807, 2.05) is 13.0 Å². The summed E-state index contributed by atoms with van der Waals surface area (Å²) >= 11 is 0. The van der Waals surface area contributed by atoms with E-state index in [0.717, 1.165) is 0 Å². The number of rotatable bonds is 5. The van der Waals surface area contributed by atoms with Gasteiger partial charge in [0.05, 0.1) is 6.61 Å². The summed E-state index contributed by atoms with van der Waals surface area (Å²) in [7, 11) is 0. The van der Waals surface area contributed by atoms with Crippen LogP contribution >= 0.6 is 0 Å². The minimum Gasteiger partial charge on any atom is -0.493 e. The van der Waals surface area contributed by atoms with Crippen molar-refractivity contribution in [2.75, 3.05) is 12.3 Å². The summed E-state index contributed by atoms with van der Waals surface area (Å²) in [6, 6.07) is 5.51. The topological polar surface area (TPSA) is 64.3 Å². The molecule has 1 aliphatic rings. The van der Waals surface area contributed by atoms with Crippen molar-refractivity contribution in [1.29, 1.82) is 0 Å². The Bertz CT molecular complexity index is 482. The second-order valence-corrected chi connectivity index (χ2v) is 5.81. The predicted molar refractivity (Wildman–Crippen MR) is 85.5 cm³/mol. The number of carbonyl (C=O) groups excluding carboxylic acids is 1. The van der Waals surface area contributed by atoms with Gasteiger partial charge in [-0.3, -0.25) is 4.79 Å². The van der Waals surface area contributed by atoms with E-state index in [4.69, 9.17) is 10.5 Å². The highest BCUT2D eigenvalue weighted by Crippen LogP contribution is 2.28. The normalized spacial score (nSPS) is 17.2. The van der Waals surface area contributed by atoms with Crippen LogP contribution in [0.2, 0.25) is 0 Å². The maximum absolute atomic E-state index is 12.5. The van der Waals surface area contributed by atoms with Crippen molar-refractivity contribution in [2.24, 2.45) is 5.92 Å². The third-order valence-corrected chi connectivity index (χ3v) is 4.30. The minimum absolute atomic E-state index is 0.130. The molecule has 1 aromatic carbocycles.